The Kier molecular flexibility index (Phi) is 11.5. The third-order valence-corrected chi connectivity index (χ3v) is 14.6. The predicted octanol–water partition coefficient (Wildman–Crippen LogP) is 5.71. The van der Waals surface area contributed by atoms with Crippen LogP contribution >= 0.6 is 11.6 Å². The predicted molar refractivity (Wildman–Crippen MR) is 236 cm³/mol. The van der Waals surface area contributed by atoms with E-state index in [2.05, 4.69) is 36.8 Å². The first-order chi connectivity index (χ1) is 30.3. The number of carbonyl (C=O) groups excluding carboxylic acids is 4. The molecule has 1 spiro atoms. The molecule has 0 aliphatic carbocycles. The summed E-state index contributed by atoms with van der Waals surface area (Å²) in [5, 5.41) is 13.4. The molecule has 4 aromatic rings. The summed E-state index contributed by atoms with van der Waals surface area (Å²) >= 11 is 6.55. The maximum Gasteiger partial charge on any atom is 0.328 e. The second kappa shape index (κ2) is 17.0. The van der Waals surface area contributed by atoms with E-state index in [4.69, 9.17) is 16.7 Å². The van der Waals surface area contributed by atoms with E-state index < -0.39 is 17.4 Å². The van der Waals surface area contributed by atoms with Gasteiger partial charge in [-0.3, -0.25) is 29.5 Å². The van der Waals surface area contributed by atoms with Gasteiger partial charge in [0, 0.05) is 87.5 Å². The number of carbonyl (C=O) groups is 4. The fourth-order valence-electron chi connectivity index (χ4n) is 10.4. The Morgan fingerprint density at radius 2 is 1.65 bits per heavy atom. The van der Waals surface area contributed by atoms with Crippen LogP contribution in [-0.4, -0.2) is 132 Å². The molecule has 9 rings (SSSR count). The highest BCUT2D eigenvalue weighted by molar-refractivity contribution is 6.32. The van der Waals surface area contributed by atoms with Gasteiger partial charge in [0.2, 0.25) is 5.91 Å². The van der Waals surface area contributed by atoms with Gasteiger partial charge in [-0.2, -0.15) is 0 Å². The summed E-state index contributed by atoms with van der Waals surface area (Å²) in [6.45, 7) is 6.71. The molecule has 5 aliphatic heterocycles. The number of fused-ring (bicyclic) bond motifs is 2. The smallest absolute Gasteiger partial charge is 0.328 e. The Balaban J connectivity index is 0.784. The van der Waals surface area contributed by atoms with E-state index in [0.717, 1.165) is 48.3 Å². The number of imidazole rings is 1. The first-order valence-corrected chi connectivity index (χ1v) is 22.4. The Labute approximate surface area is 370 Å². The van der Waals surface area contributed by atoms with Gasteiger partial charge in [-0.25, -0.2) is 23.1 Å². The maximum atomic E-state index is 16.4. The molecule has 7 heterocycles. The number of alkyl halides is 2. The maximum absolute atomic E-state index is 16.4. The lowest BCUT2D eigenvalue weighted by atomic mass is 9.68. The van der Waals surface area contributed by atoms with Gasteiger partial charge in [0.25, 0.3) is 17.7 Å². The van der Waals surface area contributed by atoms with Crippen LogP contribution in [0.3, 0.4) is 0 Å². The molecule has 0 bridgehead atoms. The molecule has 3 N–H and O–H groups in total. The van der Waals surface area contributed by atoms with Crippen LogP contribution in [0.2, 0.25) is 5.02 Å². The van der Waals surface area contributed by atoms with Crippen LogP contribution in [0.5, 0.6) is 0 Å². The molecule has 63 heavy (non-hydrogen) atoms. The minimum Gasteiger partial charge on any atom is -0.385 e. The van der Waals surface area contributed by atoms with Crippen molar-refractivity contribution >= 4 is 63.9 Å². The zero-order valence-electron chi connectivity index (χ0n) is 36.0. The Bertz CT molecular complexity index is 2460. The Hall–Kier alpha value is -5.39. The van der Waals surface area contributed by atoms with Crippen LogP contribution in [0.25, 0.3) is 5.65 Å². The second-order valence-corrected chi connectivity index (χ2v) is 18.2. The number of rotatable bonds is 9. The first kappa shape index (κ1) is 42.9. The number of urea groups is 1. The SMILES string of the molecule is CNC(=O)c1cnc2c(NC)cc(N3CCc4c(CN5CCC6(CCN(CC7CCN(C(=O)c8cc(Cl)c(C)c(N9CCC(=O)NC9=O)c8)CC7)CC6)C(F)(F)C5)cccc43)nn12. The number of nitrogens with one attached hydrogen (secondary N) is 3. The van der Waals surface area contributed by atoms with Gasteiger partial charge in [-0.15, -0.1) is 5.10 Å². The van der Waals surface area contributed by atoms with Crippen molar-refractivity contribution in [3.05, 3.63) is 75.6 Å². The summed E-state index contributed by atoms with van der Waals surface area (Å²) in [5.41, 5.74) is 5.34. The lowest BCUT2D eigenvalue weighted by Crippen LogP contribution is -2.59. The van der Waals surface area contributed by atoms with Gasteiger partial charge in [-0.05, 0) is 106 Å². The third kappa shape index (κ3) is 7.96. The Morgan fingerprint density at radius 3 is 2.37 bits per heavy atom. The molecule has 5 amide bonds. The average molecular weight is 886 g/mol. The van der Waals surface area contributed by atoms with E-state index in [0.29, 0.717) is 110 Å². The highest BCUT2D eigenvalue weighted by Crippen LogP contribution is 2.51. The highest BCUT2D eigenvalue weighted by atomic mass is 35.5. The monoisotopic (exact) mass is 885 g/mol. The molecule has 2 aromatic carbocycles. The van der Waals surface area contributed by atoms with E-state index >= 15 is 8.78 Å². The van der Waals surface area contributed by atoms with Gasteiger partial charge < -0.3 is 25.3 Å². The number of anilines is 4. The number of hydrogen-bond donors (Lipinski definition) is 3. The van der Waals surface area contributed by atoms with Gasteiger partial charge in [0.1, 0.15) is 0 Å². The van der Waals surface area contributed by atoms with E-state index in [1.54, 1.807) is 37.7 Å². The van der Waals surface area contributed by atoms with Crippen LogP contribution in [0, 0.1) is 18.3 Å². The summed E-state index contributed by atoms with van der Waals surface area (Å²) < 4.78 is 34.4. The van der Waals surface area contributed by atoms with Crippen LogP contribution in [0.4, 0.5) is 36.5 Å². The van der Waals surface area contributed by atoms with Gasteiger partial charge in [-0.1, -0.05) is 23.7 Å². The molecule has 15 nitrogen and oxygen atoms in total. The summed E-state index contributed by atoms with van der Waals surface area (Å²) in [4.78, 5) is 64.6. The number of benzene rings is 2. The molecule has 2 aromatic heterocycles. The number of halogens is 3. The topological polar surface area (TPSA) is 151 Å². The standard InChI is InChI=1S/C45H54ClF2N11O4/c1-28-33(46)21-31(22-36(28)58-17-10-39(60)52-43(58)63)42(62)56-14-7-29(8-15-56)25-54-18-11-44(12-19-54)13-20-55(27-45(44,47)48)26-30-5-4-6-35-32(30)9-16-57(35)38-23-34(49-2)40-51-24-37(41(61)50-3)59(40)53-38/h4-6,21-24,29,49H,7-20,25-27H2,1-3H3,(H,50,61)(H,52,60,63). The van der Waals surface area contributed by atoms with Gasteiger partial charge in [0.05, 0.1) is 24.1 Å². The van der Waals surface area contributed by atoms with Crippen molar-refractivity contribution in [2.45, 2.75) is 64.3 Å². The number of piperidine rings is 3. The van der Waals surface area contributed by atoms with Gasteiger partial charge >= 0.3 is 6.03 Å². The molecule has 0 atom stereocenters. The fourth-order valence-corrected chi connectivity index (χ4v) is 10.6. The largest absolute Gasteiger partial charge is 0.385 e. The highest BCUT2D eigenvalue weighted by Gasteiger charge is 2.57. The van der Waals surface area contributed by atoms with E-state index in [-0.39, 0.29) is 37.2 Å². The second-order valence-electron chi connectivity index (χ2n) is 17.8. The first-order valence-electron chi connectivity index (χ1n) is 22.0. The number of aromatic nitrogens is 3. The molecule has 18 heteroatoms. The quantitative estimate of drug-likeness (QED) is 0.191. The number of hydrogen-bond acceptors (Lipinski definition) is 10. The summed E-state index contributed by atoms with van der Waals surface area (Å²) in [5.74, 6) is -2.58. The summed E-state index contributed by atoms with van der Waals surface area (Å²) in [6, 6.07) is 10.8. The van der Waals surface area contributed by atoms with E-state index in [1.807, 2.05) is 28.0 Å². The van der Waals surface area contributed by atoms with Gasteiger partial charge in [0.15, 0.2) is 17.2 Å². The van der Waals surface area contributed by atoms with Crippen LogP contribution in [-0.2, 0) is 17.8 Å². The summed E-state index contributed by atoms with van der Waals surface area (Å²) in [6.07, 6.45) is 5.43. The van der Waals surface area contributed by atoms with Crippen LogP contribution < -0.4 is 25.8 Å². The lowest BCUT2D eigenvalue weighted by molar-refractivity contribution is -0.189. The number of nitrogens with zero attached hydrogens (tertiary/aromatic N) is 8. The molecular weight excluding hydrogens is 832 g/mol. The van der Waals surface area contributed by atoms with Crippen LogP contribution in [0.15, 0.2) is 42.6 Å². The molecular formula is C45H54ClF2N11O4. The number of likely N-dealkylation sites (tertiary alicyclic amines) is 3. The Morgan fingerprint density at radius 1 is 0.921 bits per heavy atom. The van der Waals surface area contributed by atoms with Crippen molar-refractivity contribution < 1.29 is 28.0 Å². The number of imide groups is 1. The molecule has 4 fully saturated rings. The molecule has 5 aliphatic rings. The van der Waals surface area contributed by atoms with Crippen molar-refractivity contribution in [1.29, 1.82) is 0 Å². The molecule has 4 saturated heterocycles. The lowest BCUT2D eigenvalue weighted by Gasteiger charge is -2.51. The fraction of sp³-hybridized carbons (Fsp3) is 0.511. The molecule has 334 valence electrons. The normalized spacial score (nSPS) is 20.6. The van der Waals surface area contributed by atoms with E-state index in [9.17, 15) is 19.2 Å². The third-order valence-electron chi connectivity index (χ3n) is 14.2. The molecule has 0 unspecified atom stereocenters. The average Bonchev–Trinajstić information content (AvgIpc) is 3.92. The van der Waals surface area contributed by atoms with Crippen molar-refractivity contribution in [3.63, 3.8) is 0 Å². The van der Waals surface area contributed by atoms with E-state index in [1.165, 1.54) is 11.1 Å². The molecule has 0 saturated carbocycles. The van der Waals surface area contributed by atoms with Crippen molar-refractivity contribution in [1.82, 2.24) is 39.9 Å². The van der Waals surface area contributed by atoms with Crippen molar-refractivity contribution in [2.24, 2.45) is 11.3 Å². The van der Waals surface area contributed by atoms with Crippen molar-refractivity contribution in [3.8, 4) is 0 Å². The minimum atomic E-state index is -2.82. The zero-order valence-corrected chi connectivity index (χ0v) is 36.7. The zero-order chi connectivity index (χ0) is 44.2. The van der Waals surface area contributed by atoms with Crippen molar-refractivity contribution in [2.75, 3.05) is 88.1 Å². The number of amides is 5. The van der Waals surface area contributed by atoms with Crippen LogP contribution in [0.1, 0.15) is 76.1 Å². The summed E-state index contributed by atoms with van der Waals surface area (Å²) in [7, 11) is 3.37. The molecule has 0 radical (unpaired) electrons. The minimum absolute atomic E-state index is 0.153.